The molecule has 4 nitrogen and oxygen atoms in total. The molecule has 1 atom stereocenters. The number of rotatable bonds is 7. The Labute approximate surface area is 115 Å². The maximum absolute atomic E-state index is 11.4. The molecule has 0 fully saturated rings. The molecular formula is C15H24NO3+. The van der Waals surface area contributed by atoms with Gasteiger partial charge in [-0.3, -0.25) is 0 Å². The van der Waals surface area contributed by atoms with Crippen molar-refractivity contribution in [2.75, 3.05) is 20.7 Å². The first-order valence-corrected chi connectivity index (χ1v) is 6.73. The summed E-state index contributed by atoms with van der Waals surface area (Å²) in [6, 6.07) is 9.54. The van der Waals surface area contributed by atoms with Gasteiger partial charge in [-0.05, 0) is 6.42 Å². The van der Waals surface area contributed by atoms with Crippen molar-refractivity contribution in [3.8, 4) is 0 Å². The van der Waals surface area contributed by atoms with Gasteiger partial charge in [0.2, 0.25) is 6.23 Å². The van der Waals surface area contributed by atoms with Crippen LogP contribution in [0.5, 0.6) is 0 Å². The van der Waals surface area contributed by atoms with E-state index >= 15 is 0 Å². The largest absolute Gasteiger partial charge is 0.515 e. The predicted molar refractivity (Wildman–Crippen MR) is 74.8 cm³/mol. The number of quaternary nitrogens is 1. The Morgan fingerprint density at radius 2 is 1.89 bits per heavy atom. The van der Waals surface area contributed by atoms with E-state index in [0.29, 0.717) is 6.61 Å². The Morgan fingerprint density at radius 3 is 2.42 bits per heavy atom. The van der Waals surface area contributed by atoms with Crippen LogP contribution in [0.4, 0.5) is 4.79 Å². The Hall–Kier alpha value is -1.39. The van der Waals surface area contributed by atoms with Crippen LogP contribution in [-0.2, 0) is 4.74 Å². The van der Waals surface area contributed by atoms with E-state index in [1.54, 1.807) is 14.1 Å². The molecule has 19 heavy (non-hydrogen) atoms. The standard InChI is InChI=1S/C15H23NO3/c1-4-5-9-12-19-14(16(2,3)15(17)18)13-10-7-6-8-11-13/h6-8,10-11,14H,4-5,9,12H2,1-3H3/p+1. The van der Waals surface area contributed by atoms with Gasteiger partial charge in [-0.15, -0.1) is 0 Å². The first-order valence-electron chi connectivity index (χ1n) is 6.73. The SMILES string of the molecule is CCCCCOC(c1ccccc1)[N+](C)(C)C(=O)O. The van der Waals surface area contributed by atoms with Crippen molar-refractivity contribution in [2.24, 2.45) is 0 Å². The van der Waals surface area contributed by atoms with Gasteiger partial charge in [-0.25, -0.2) is 0 Å². The molecule has 1 aromatic rings. The lowest BCUT2D eigenvalue weighted by Crippen LogP contribution is -2.48. The fourth-order valence-corrected chi connectivity index (χ4v) is 1.92. The van der Waals surface area contributed by atoms with Crippen LogP contribution >= 0.6 is 0 Å². The fraction of sp³-hybridized carbons (Fsp3) is 0.533. The number of ether oxygens (including phenoxy) is 1. The van der Waals surface area contributed by atoms with Gasteiger partial charge in [0.25, 0.3) is 0 Å². The van der Waals surface area contributed by atoms with Crippen molar-refractivity contribution in [3.05, 3.63) is 35.9 Å². The lowest BCUT2D eigenvalue weighted by atomic mass is 10.1. The van der Waals surface area contributed by atoms with Crippen molar-refractivity contribution < 1.29 is 19.1 Å². The van der Waals surface area contributed by atoms with Crippen LogP contribution in [0.1, 0.15) is 38.0 Å². The predicted octanol–water partition coefficient (Wildman–Crippen LogP) is 3.65. The average Bonchev–Trinajstić information content (AvgIpc) is 2.39. The highest BCUT2D eigenvalue weighted by molar-refractivity contribution is 5.56. The molecule has 0 saturated carbocycles. The molecule has 0 bridgehead atoms. The summed E-state index contributed by atoms with van der Waals surface area (Å²) in [5.41, 5.74) is 0.895. The molecule has 1 unspecified atom stereocenters. The van der Waals surface area contributed by atoms with Crippen molar-refractivity contribution >= 4 is 6.09 Å². The summed E-state index contributed by atoms with van der Waals surface area (Å²) < 4.78 is 5.62. The minimum absolute atomic E-state index is 0.226. The summed E-state index contributed by atoms with van der Waals surface area (Å²) >= 11 is 0. The van der Waals surface area contributed by atoms with E-state index in [1.165, 1.54) is 0 Å². The van der Waals surface area contributed by atoms with E-state index in [-0.39, 0.29) is 4.48 Å². The minimum atomic E-state index is -0.899. The molecule has 0 saturated heterocycles. The van der Waals surface area contributed by atoms with E-state index in [9.17, 15) is 9.90 Å². The van der Waals surface area contributed by atoms with Crippen molar-refractivity contribution in [3.63, 3.8) is 0 Å². The van der Waals surface area contributed by atoms with Gasteiger partial charge in [0.15, 0.2) is 0 Å². The monoisotopic (exact) mass is 266 g/mol. The normalized spacial score (nSPS) is 13.2. The van der Waals surface area contributed by atoms with Crippen LogP contribution in [0.2, 0.25) is 0 Å². The molecule has 1 amide bonds. The lowest BCUT2D eigenvalue weighted by molar-refractivity contribution is -0.877. The summed E-state index contributed by atoms with van der Waals surface area (Å²) in [5, 5.41) is 9.37. The third-order valence-corrected chi connectivity index (χ3v) is 3.19. The number of carbonyl (C=O) groups is 1. The van der Waals surface area contributed by atoms with Crippen LogP contribution in [0.3, 0.4) is 0 Å². The number of hydrogen-bond donors (Lipinski definition) is 1. The van der Waals surface area contributed by atoms with Crippen molar-refractivity contribution in [2.45, 2.75) is 32.4 Å². The zero-order valence-corrected chi connectivity index (χ0v) is 12.0. The Balaban J connectivity index is 2.83. The van der Waals surface area contributed by atoms with E-state index < -0.39 is 12.3 Å². The van der Waals surface area contributed by atoms with Gasteiger partial charge in [-0.2, -0.15) is 9.28 Å². The maximum atomic E-state index is 11.4. The Morgan fingerprint density at radius 1 is 1.26 bits per heavy atom. The number of nitrogens with zero attached hydrogens (tertiary/aromatic N) is 1. The van der Waals surface area contributed by atoms with Gasteiger partial charge in [0.05, 0.1) is 20.7 Å². The number of benzene rings is 1. The molecule has 0 aliphatic heterocycles. The Kier molecular flexibility index (Phi) is 5.99. The van der Waals surface area contributed by atoms with Gasteiger partial charge >= 0.3 is 6.09 Å². The average molecular weight is 266 g/mol. The molecule has 0 heterocycles. The summed E-state index contributed by atoms with van der Waals surface area (Å²) in [7, 11) is 3.31. The summed E-state index contributed by atoms with van der Waals surface area (Å²) in [6.07, 6.45) is 1.80. The zero-order chi connectivity index (χ0) is 14.3. The highest BCUT2D eigenvalue weighted by atomic mass is 16.5. The van der Waals surface area contributed by atoms with E-state index in [0.717, 1.165) is 24.8 Å². The van der Waals surface area contributed by atoms with E-state index in [4.69, 9.17) is 4.74 Å². The van der Waals surface area contributed by atoms with Crippen LogP contribution < -0.4 is 0 Å². The molecule has 0 aliphatic rings. The van der Waals surface area contributed by atoms with Gasteiger partial charge < -0.3 is 9.84 Å². The summed E-state index contributed by atoms with van der Waals surface area (Å²) in [4.78, 5) is 11.4. The number of hydrogen-bond acceptors (Lipinski definition) is 2. The highest BCUT2D eigenvalue weighted by Crippen LogP contribution is 2.27. The van der Waals surface area contributed by atoms with Crippen LogP contribution in [0.25, 0.3) is 0 Å². The molecule has 0 radical (unpaired) electrons. The van der Waals surface area contributed by atoms with E-state index in [2.05, 4.69) is 6.92 Å². The fourth-order valence-electron chi connectivity index (χ4n) is 1.92. The third-order valence-electron chi connectivity index (χ3n) is 3.19. The smallest absolute Gasteiger partial charge is 0.435 e. The number of carboxylic acid groups (broad SMARTS) is 1. The lowest BCUT2D eigenvalue weighted by Gasteiger charge is -2.32. The molecule has 4 heteroatoms. The van der Waals surface area contributed by atoms with Crippen LogP contribution in [-0.4, -0.2) is 36.4 Å². The molecule has 1 rings (SSSR count). The Bertz CT molecular complexity index is 390. The topological polar surface area (TPSA) is 46.5 Å². The minimum Gasteiger partial charge on any atom is -0.435 e. The molecule has 0 aromatic heterocycles. The molecule has 106 valence electrons. The van der Waals surface area contributed by atoms with Gasteiger partial charge in [0.1, 0.15) is 0 Å². The first kappa shape index (κ1) is 15.7. The van der Waals surface area contributed by atoms with Crippen LogP contribution in [0.15, 0.2) is 30.3 Å². The zero-order valence-electron chi connectivity index (χ0n) is 12.0. The van der Waals surface area contributed by atoms with Crippen LogP contribution in [0, 0.1) is 0 Å². The second-order valence-electron chi connectivity index (χ2n) is 5.16. The van der Waals surface area contributed by atoms with Gasteiger partial charge in [0, 0.05) is 5.56 Å². The summed E-state index contributed by atoms with van der Waals surface area (Å²) in [6.45, 7) is 2.72. The second-order valence-corrected chi connectivity index (χ2v) is 5.16. The first-order chi connectivity index (χ1) is 9.00. The molecular weight excluding hydrogens is 242 g/mol. The maximum Gasteiger partial charge on any atom is 0.515 e. The number of amides is 1. The molecule has 0 aliphatic carbocycles. The summed E-state index contributed by atoms with van der Waals surface area (Å²) in [5.74, 6) is 0. The van der Waals surface area contributed by atoms with Crippen molar-refractivity contribution in [1.29, 1.82) is 0 Å². The quantitative estimate of drug-likeness (QED) is 0.465. The number of unbranched alkanes of at least 4 members (excludes halogenated alkanes) is 2. The molecule has 1 aromatic carbocycles. The highest BCUT2D eigenvalue weighted by Gasteiger charge is 2.38. The van der Waals surface area contributed by atoms with Crippen molar-refractivity contribution in [1.82, 2.24) is 0 Å². The van der Waals surface area contributed by atoms with Gasteiger partial charge in [-0.1, -0.05) is 50.1 Å². The second kappa shape index (κ2) is 7.26. The van der Waals surface area contributed by atoms with E-state index in [1.807, 2.05) is 30.3 Å². The molecule has 0 spiro atoms. The molecule has 1 N–H and O–H groups in total. The third kappa shape index (κ3) is 4.33.